The first-order valence-electron chi connectivity index (χ1n) is 12.6. The van der Waals surface area contributed by atoms with Crippen molar-refractivity contribution < 1.29 is 41.2 Å². The van der Waals surface area contributed by atoms with Crippen molar-refractivity contribution in [2.45, 2.75) is 24.8 Å². The number of carbonyl (C=O) groups excluding carboxylic acids is 3. The first-order valence-corrected chi connectivity index (χ1v) is 15.1. The number of nitrogens with one attached hydrogen (secondary N) is 1. The summed E-state index contributed by atoms with van der Waals surface area (Å²) in [7, 11) is -1.35. The van der Waals surface area contributed by atoms with E-state index >= 15 is 0 Å². The van der Waals surface area contributed by atoms with E-state index in [1.54, 1.807) is 36.4 Å². The van der Waals surface area contributed by atoms with Crippen molar-refractivity contribution >= 4 is 56.6 Å². The number of ether oxygens (including phenoxy) is 3. The Bertz CT molecular complexity index is 1660. The van der Waals surface area contributed by atoms with Gasteiger partial charge in [0, 0.05) is 0 Å². The van der Waals surface area contributed by atoms with Gasteiger partial charge in [-0.1, -0.05) is 31.2 Å². The molecule has 0 saturated carbocycles. The van der Waals surface area contributed by atoms with Crippen LogP contribution in [0.2, 0.25) is 0 Å². The molecule has 1 aliphatic rings. The van der Waals surface area contributed by atoms with Crippen LogP contribution in [-0.2, 0) is 26.3 Å². The van der Waals surface area contributed by atoms with Crippen molar-refractivity contribution in [2.75, 3.05) is 20.8 Å². The molecule has 4 rings (SSSR count). The van der Waals surface area contributed by atoms with Crippen molar-refractivity contribution in [3.63, 3.8) is 0 Å². The maximum Gasteiger partial charge on any atom is 0.339 e. The Morgan fingerprint density at radius 3 is 2.31 bits per heavy atom. The summed E-state index contributed by atoms with van der Waals surface area (Å²) in [5.41, 5.74) is 0.616. The molecule has 0 radical (unpaired) electrons. The average Bonchev–Trinajstić information content (AvgIpc) is 2.98. The van der Waals surface area contributed by atoms with Gasteiger partial charge in [-0.3, -0.25) is 19.8 Å². The van der Waals surface area contributed by atoms with E-state index in [0.29, 0.717) is 32.8 Å². The third-order valence-corrected chi connectivity index (χ3v) is 8.04. The Balaban J connectivity index is 1.62. The molecule has 1 N–H and O–H groups in total. The number of hydrogen-bond acceptors (Lipinski definition) is 9. The number of benzene rings is 3. The number of imide groups is 2. The molecule has 1 saturated heterocycles. The quantitative estimate of drug-likeness (QED) is 0.132. The number of amides is 4. The average molecular weight is 707 g/mol. The van der Waals surface area contributed by atoms with Crippen LogP contribution in [0.5, 0.6) is 23.0 Å². The fraction of sp³-hybridized carbons (Fsp3) is 0.207. The van der Waals surface area contributed by atoms with Crippen LogP contribution in [-0.4, -0.2) is 52.0 Å². The molecule has 13 heteroatoms. The molecule has 1 fully saturated rings. The molecular weight excluding hydrogens is 679 g/mol. The molecule has 0 aromatic heterocycles. The highest BCUT2D eigenvalue weighted by atomic mass is 127. The number of rotatable bonds is 11. The van der Waals surface area contributed by atoms with Crippen LogP contribution in [0, 0.1) is 3.57 Å². The predicted molar refractivity (Wildman–Crippen MR) is 161 cm³/mol. The Labute approximate surface area is 256 Å². The van der Waals surface area contributed by atoms with E-state index in [9.17, 15) is 22.8 Å². The number of hydrogen-bond donors (Lipinski definition) is 1. The van der Waals surface area contributed by atoms with Gasteiger partial charge in [-0.15, -0.1) is 0 Å². The summed E-state index contributed by atoms with van der Waals surface area (Å²) >= 11 is 1.87. The van der Waals surface area contributed by atoms with Gasteiger partial charge in [0.2, 0.25) is 0 Å². The minimum atomic E-state index is -4.16. The lowest BCUT2D eigenvalue weighted by Crippen LogP contribution is -2.53. The molecule has 11 nitrogen and oxygen atoms in total. The minimum Gasteiger partial charge on any atom is -0.493 e. The van der Waals surface area contributed by atoms with Gasteiger partial charge < -0.3 is 18.4 Å². The number of halogens is 1. The summed E-state index contributed by atoms with van der Waals surface area (Å²) < 4.78 is 47.7. The van der Waals surface area contributed by atoms with E-state index in [-0.39, 0.29) is 28.5 Å². The molecular formula is C29H27IN2O9S. The zero-order chi connectivity index (χ0) is 30.4. The lowest BCUT2D eigenvalue weighted by Gasteiger charge is -2.26. The molecule has 1 heterocycles. The van der Waals surface area contributed by atoms with Crippen LogP contribution >= 0.6 is 22.6 Å². The lowest BCUT2D eigenvalue weighted by molar-refractivity contribution is -0.130. The number of methoxy groups -OCH3 is 2. The zero-order valence-electron chi connectivity index (χ0n) is 22.9. The number of urea groups is 1. The smallest absolute Gasteiger partial charge is 0.339 e. The summed E-state index contributed by atoms with van der Waals surface area (Å²) in [6, 6.07) is 14.7. The molecule has 0 atom stereocenters. The van der Waals surface area contributed by atoms with Crippen molar-refractivity contribution in [3.05, 3.63) is 80.9 Å². The Kier molecular flexibility index (Phi) is 9.73. The molecule has 0 bridgehead atoms. The second-order valence-electron chi connectivity index (χ2n) is 8.93. The number of nitrogens with zero attached hydrogens (tertiary/aromatic N) is 1. The second-order valence-corrected chi connectivity index (χ2v) is 11.6. The molecule has 4 amide bonds. The fourth-order valence-corrected chi connectivity index (χ4v) is 5.84. The minimum absolute atomic E-state index is 0.0379. The highest BCUT2D eigenvalue weighted by Crippen LogP contribution is 2.37. The summed E-state index contributed by atoms with van der Waals surface area (Å²) in [5.74, 6) is -0.710. The van der Waals surface area contributed by atoms with Crippen LogP contribution in [0.1, 0.15) is 24.5 Å². The summed E-state index contributed by atoms with van der Waals surface area (Å²) in [4.78, 5) is 39.5. The maximum atomic E-state index is 13.4. The van der Waals surface area contributed by atoms with E-state index in [1.807, 2.05) is 29.5 Å². The van der Waals surface area contributed by atoms with E-state index in [0.717, 1.165) is 11.3 Å². The van der Waals surface area contributed by atoms with Gasteiger partial charge in [-0.25, -0.2) is 4.79 Å². The normalized spacial score (nSPS) is 14.5. The van der Waals surface area contributed by atoms with E-state index < -0.39 is 28.0 Å². The van der Waals surface area contributed by atoms with Crippen LogP contribution < -0.4 is 23.7 Å². The van der Waals surface area contributed by atoms with Crippen LogP contribution in [0.25, 0.3) is 6.08 Å². The van der Waals surface area contributed by atoms with Gasteiger partial charge in [0.05, 0.1) is 30.9 Å². The Hall–Kier alpha value is -4.11. The van der Waals surface area contributed by atoms with Crippen LogP contribution in [0.15, 0.2) is 71.1 Å². The molecule has 42 heavy (non-hydrogen) atoms. The second kappa shape index (κ2) is 13.2. The molecule has 0 spiro atoms. The number of carbonyl (C=O) groups is 3. The van der Waals surface area contributed by atoms with Gasteiger partial charge in [0.15, 0.2) is 23.0 Å². The molecule has 3 aromatic carbocycles. The van der Waals surface area contributed by atoms with Crippen molar-refractivity contribution in [1.29, 1.82) is 0 Å². The summed E-state index contributed by atoms with van der Waals surface area (Å²) in [5, 5.41) is 2.19. The number of barbiturate groups is 1. The SMILES string of the molecule is CCCOc1ccc(CN2C(=O)NC(=O)/C(=C\c3cc(I)c(OS(=O)(=O)c4ccccc4)c(OC)c3)C2=O)cc1OC. The highest BCUT2D eigenvalue weighted by molar-refractivity contribution is 14.1. The van der Waals surface area contributed by atoms with Crippen molar-refractivity contribution in [1.82, 2.24) is 10.2 Å². The predicted octanol–water partition coefficient (Wildman–Crippen LogP) is 4.53. The molecule has 1 aliphatic heterocycles. The molecule has 220 valence electrons. The first kappa shape index (κ1) is 30.8. The van der Waals surface area contributed by atoms with Gasteiger partial charge in [0.25, 0.3) is 11.8 Å². The van der Waals surface area contributed by atoms with Crippen LogP contribution in [0.3, 0.4) is 0 Å². The summed E-state index contributed by atoms with van der Waals surface area (Å²) in [6.07, 6.45) is 2.10. The summed E-state index contributed by atoms with van der Waals surface area (Å²) in [6.45, 7) is 2.34. The lowest BCUT2D eigenvalue weighted by atomic mass is 10.1. The van der Waals surface area contributed by atoms with Crippen LogP contribution in [0.4, 0.5) is 4.79 Å². The zero-order valence-corrected chi connectivity index (χ0v) is 25.9. The standard InChI is InChI=1S/C29H27IN2O9S/c1-4-12-40-23-11-10-18(15-24(23)38-2)17-32-28(34)21(27(33)31-29(32)35)13-19-14-22(30)26(25(16-19)39-3)41-42(36,37)20-8-6-5-7-9-20/h5-11,13-16H,4,12,17H2,1-3H3,(H,31,33,35)/b21-13+. The van der Waals surface area contributed by atoms with Gasteiger partial charge >= 0.3 is 16.1 Å². The molecule has 0 aliphatic carbocycles. The maximum absolute atomic E-state index is 13.4. The Morgan fingerprint density at radius 1 is 0.929 bits per heavy atom. The van der Waals surface area contributed by atoms with Gasteiger partial charge in [-0.05, 0) is 82.6 Å². The van der Waals surface area contributed by atoms with E-state index in [2.05, 4.69) is 5.32 Å². The third kappa shape index (κ3) is 6.85. The largest absolute Gasteiger partial charge is 0.493 e. The van der Waals surface area contributed by atoms with Crippen molar-refractivity contribution in [3.8, 4) is 23.0 Å². The Morgan fingerprint density at radius 2 is 1.64 bits per heavy atom. The third-order valence-electron chi connectivity index (χ3n) is 6.00. The highest BCUT2D eigenvalue weighted by Gasteiger charge is 2.36. The van der Waals surface area contributed by atoms with Crippen molar-refractivity contribution in [2.24, 2.45) is 0 Å². The molecule has 0 unspecified atom stereocenters. The van der Waals surface area contributed by atoms with E-state index in [4.69, 9.17) is 18.4 Å². The first-order chi connectivity index (χ1) is 20.1. The monoisotopic (exact) mass is 706 g/mol. The fourth-order valence-electron chi connectivity index (χ4n) is 3.98. The topological polar surface area (TPSA) is 138 Å². The van der Waals surface area contributed by atoms with Gasteiger partial charge in [0.1, 0.15) is 10.5 Å². The van der Waals surface area contributed by atoms with E-state index in [1.165, 1.54) is 44.6 Å². The van der Waals surface area contributed by atoms with Gasteiger partial charge in [-0.2, -0.15) is 8.42 Å². The molecule has 3 aromatic rings.